The topological polar surface area (TPSA) is 98.5 Å². The molecule has 2 aromatic heterocycles. The van der Waals surface area contributed by atoms with Gasteiger partial charge in [0.05, 0.1) is 27.0 Å². The van der Waals surface area contributed by atoms with Gasteiger partial charge < -0.3 is 24.5 Å². The lowest BCUT2D eigenvalue weighted by atomic mass is 10.1. The summed E-state index contributed by atoms with van der Waals surface area (Å²) < 4.78 is 15.7. The molecule has 8 heteroatoms. The first-order chi connectivity index (χ1) is 13.7. The van der Waals surface area contributed by atoms with Crippen molar-refractivity contribution in [1.29, 1.82) is 0 Å². The summed E-state index contributed by atoms with van der Waals surface area (Å²) in [6.45, 7) is 0.908. The van der Waals surface area contributed by atoms with Crippen LogP contribution in [0.1, 0.15) is 21.8 Å². The number of nitrogens with one attached hydrogen (secondary N) is 2. The number of carbonyl (C=O) groups excluding carboxylic acids is 1. The highest BCUT2D eigenvalue weighted by atomic mass is 16.5. The molecule has 0 aliphatic carbocycles. The van der Waals surface area contributed by atoms with Crippen molar-refractivity contribution in [2.24, 2.45) is 0 Å². The third-order valence-corrected chi connectivity index (χ3v) is 4.04. The lowest BCUT2D eigenvalue weighted by molar-refractivity contribution is 0.0943. The number of amides is 1. The average molecular weight is 382 g/mol. The number of rotatable bonds is 9. The Morgan fingerprint density at radius 2 is 2.00 bits per heavy atom. The van der Waals surface area contributed by atoms with E-state index in [1.54, 1.807) is 44.9 Å². The molecule has 0 fully saturated rings. The van der Waals surface area contributed by atoms with Crippen LogP contribution in [0.4, 0.5) is 5.95 Å². The van der Waals surface area contributed by atoms with Gasteiger partial charge in [0, 0.05) is 12.7 Å². The predicted octanol–water partition coefficient (Wildman–Crippen LogP) is 2.67. The lowest BCUT2D eigenvalue weighted by Gasteiger charge is -2.10. The van der Waals surface area contributed by atoms with Crippen LogP contribution in [0.2, 0.25) is 0 Å². The van der Waals surface area contributed by atoms with Crippen molar-refractivity contribution >= 4 is 11.9 Å². The highest BCUT2D eigenvalue weighted by Gasteiger charge is 2.10. The molecule has 3 rings (SSSR count). The minimum absolute atomic E-state index is 0.287. The zero-order valence-electron chi connectivity index (χ0n) is 15.8. The maximum atomic E-state index is 12.2. The number of ether oxygens (including phenoxy) is 2. The van der Waals surface area contributed by atoms with Gasteiger partial charge in [0.1, 0.15) is 11.5 Å². The molecule has 2 N–H and O–H groups in total. The second kappa shape index (κ2) is 9.40. The van der Waals surface area contributed by atoms with E-state index in [1.165, 1.54) is 0 Å². The van der Waals surface area contributed by atoms with Crippen molar-refractivity contribution in [3.8, 4) is 11.5 Å². The van der Waals surface area contributed by atoms with Crippen LogP contribution in [-0.2, 0) is 13.0 Å². The van der Waals surface area contributed by atoms with Gasteiger partial charge in [0.2, 0.25) is 5.95 Å². The van der Waals surface area contributed by atoms with Crippen molar-refractivity contribution in [2.45, 2.75) is 13.0 Å². The lowest BCUT2D eigenvalue weighted by Crippen LogP contribution is -2.24. The second-order valence-electron chi connectivity index (χ2n) is 5.89. The largest absolute Gasteiger partial charge is 0.493 e. The second-order valence-corrected chi connectivity index (χ2v) is 5.89. The van der Waals surface area contributed by atoms with Crippen LogP contribution in [0, 0.1) is 0 Å². The van der Waals surface area contributed by atoms with Crippen LogP contribution >= 0.6 is 0 Å². The maximum Gasteiger partial charge on any atom is 0.270 e. The standard InChI is InChI=1S/C20H22N4O4/c1-26-17-6-5-14(12-18(17)27-2)7-9-21-20-22-10-8-16(24-20)19(25)23-13-15-4-3-11-28-15/h3-6,8,10-12H,7,9,13H2,1-2H3,(H,23,25)(H,21,22,24). The molecule has 146 valence electrons. The molecule has 0 saturated carbocycles. The molecule has 2 heterocycles. The Hall–Kier alpha value is -3.55. The first-order valence-corrected chi connectivity index (χ1v) is 8.78. The Morgan fingerprint density at radius 3 is 2.75 bits per heavy atom. The molecular weight excluding hydrogens is 360 g/mol. The normalized spacial score (nSPS) is 10.4. The number of methoxy groups -OCH3 is 2. The number of nitrogens with zero attached hydrogens (tertiary/aromatic N) is 2. The predicted molar refractivity (Wildman–Crippen MR) is 104 cm³/mol. The summed E-state index contributed by atoms with van der Waals surface area (Å²) in [4.78, 5) is 20.6. The summed E-state index contributed by atoms with van der Waals surface area (Å²) in [5.41, 5.74) is 1.37. The molecule has 0 spiro atoms. The summed E-state index contributed by atoms with van der Waals surface area (Å²) in [5, 5.41) is 5.89. The van der Waals surface area contributed by atoms with E-state index in [0.717, 1.165) is 12.0 Å². The van der Waals surface area contributed by atoms with Crippen molar-refractivity contribution in [1.82, 2.24) is 15.3 Å². The number of benzene rings is 1. The van der Waals surface area contributed by atoms with E-state index in [4.69, 9.17) is 13.9 Å². The molecule has 8 nitrogen and oxygen atoms in total. The van der Waals surface area contributed by atoms with Crippen LogP contribution in [0.5, 0.6) is 11.5 Å². The van der Waals surface area contributed by atoms with Crippen molar-refractivity contribution in [2.75, 3.05) is 26.1 Å². The van der Waals surface area contributed by atoms with E-state index in [9.17, 15) is 4.79 Å². The minimum Gasteiger partial charge on any atom is -0.493 e. The fourth-order valence-electron chi connectivity index (χ4n) is 2.60. The van der Waals surface area contributed by atoms with E-state index >= 15 is 0 Å². The van der Waals surface area contributed by atoms with E-state index in [1.807, 2.05) is 18.2 Å². The Morgan fingerprint density at radius 1 is 1.14 bits per heavy atom. The molecule has 1 amide bonds. The average Bonchev–Trinajstić information content (AvgIpc) is 3.25. The third-order valence-electron chi connectivity index (χ3n) is 4.04. The first-order valence-electron chi connectivity index (χ1n) is 8.78. The Bertz CT molecular complexity index is 912. The number of carbonyl (C=O) groups is 1. The first kappa shape index (κ1) is 19.2. The fourth-order valence-corrected chi connectivity index (χ4v) is 2.60. The molecule has 0 aliphatic rings. The molecule has 0 radical (unpaired) electrons. The van der Waals surface area contributed by atoms with Gasteiger partial charge in [-0.25, -0.2) is 9.97 Å². The molecule has 0 aliphatic heterocycles. The number of anilines is 1. The number of furan rings is 1. The van der Waals surface area contributed by atoms with Crippen LogP contribution < -0.4 is 20.1 Å². The number of hydrogen-bond donors (Lipinski definition) is 2. The molecule has 28 heavy (non-hydrogen) atoms. The van der Waals surface area contributed by atoms with Gasteiger partial charge in [0.15, 0.2) is 11.5 Å². The Balaban J connectivity index is 1.53. The van der Waals surface area contributed by atoms with Gasteiger partial charge >= 0.3 is 0 Å². The summed E-state index contributed by atoms with van der Waals surface area (Å²) in [6.07, 6.45) is 3.85. The summed E-state index contributed by atoms with van der Waals surface area (Å²) in [6, 6.07) is 10.9. The fraction of sp³-hybridized carbons (Fsp3) is 0.250. The molecule has 0 bridgehead atoms. The maximum absolute atomic E-state index is 12.2. The van der Waals surface area contributed by atoms with E-state index in [2.05, 4.69) is 20.6 Å². The molecule has 0 atom stereocenters. The summed E-state index contributed by atoms with van der Waals surface area (Å²) >= 11 is 0. The number of aromatic nitrogens is 2. The van der Waals surface area contributed by atoms with Crippen LogP contribution in [0.15, 0.2) is 53.3 Å². The van der Waals surface area contributed by atoms with Gasteiger partial charge in [0.25, 0.3) is 5.91 Å². The molecular formula is C20H22N4O4. The zero-order valence-corrected chi connectivity index (χ0v) is 15.8. The number of hydrogen-bond acceptors (Lipinski definition) is 7. The summed E-state index contributed by atoms with van der Waals surface area (Å²) in [5.74, 6) is 2.16. The van der Waals surface area contributed by atoms with Gasteiger partial charge in [-0.3, -0.25) is 4.79 Å². The van der Waals surface area contributed by atoms with Gasteiger partial charge in [-0.15, -0.1) is 0 Å². The Kier molecular flexibility index (Phi) is 6.46. The van der Waals surface area contributed by atoms with Crippen molar-refractivity contribution < 1.29 is 18.7 Å². The van der Waals surface area contributed by atoms with Crippen molar-refractivity contribution in [3.05, 3.63) is 65.9 Å². The molecule has 1 aromatic carbocycles. The highest BCUT2D eigenvalue weighted by Crippen LogP contribution is 2.27. The van der Waals surface area contributed by atoms with Crippen molar-refractivity contribution in [3.63, 3.8) is 0 Å². The van der Waals surface area contributed by atoms with Gasteiger partial charge in [-0.2, -0.15) is 0 Å². The van der Waals surface area contributed by atoms with Gasteiger partial charge in [-0.05, 0) is 42.3 Å². The molecule has 0 saturated heterocycles. The van der Waals surface area contributed by atoms with E-state index in [0.29, 0.717) is 36.3 Å². The summed E-state index contributed by atoms with van der Waals surface area (Å²) in [7, 11) is 3.21. The van der Waals surface area contributed by atoms with Crippen LogP contribution in [0.3, 0.4) is 0 Å². The highest BCUT2D eigenvalue weighted by molar-refractivity contribution is 5.92. The van der Waals surface area contributed by atoms with Gasteiger partial charge in [-0.1, -0.05) is 6.07 Å². The monoisotopic (exact) mass is 382 g/mol. The quantitative estimate of drug-likeness (QED) is 0.587. The van der Waals surface area contributed by atoms with E-state index in [-0.39, 0.29) is 11.6 Å². The Labute approximate surface area is 162 Å². The molecule has 3 aromatic rings. The SMILES string of the molecule is COc1ccc(CCNc2nccc(C(=O)NCc3ccco3)n2)cc1OC. The van der Waals surface area contributed by atoms with E-state index < -0.39 is 0 Å². The van der Waals surface area contributed by atoms with Crippen LogP contribution in [0.25, 0.3) is 0 Å². The third kappa shape index (κ3) is 5.00. The smallest absolute Gasteiger partial charge is 0.270 e. The van der Waals surface area contributed by atoms with Crippen LogP contribution in [-0.4, -0.2) is 36.6 Å². The minimum atomic E-state index is -0.290. The molecule has 0 unspecified atom stereocenters. The zero-order chi connectivity index (χ0) is 19.8.